The monoisotopic (exact) mass is 357 g/mol. The number of benzene rings is 1. The fourth-order valence-corrected chi connectivity index (χ4v) is 2.96. The predicted molar refractivity (Wildman–Crippen MR) is 95.6 cm³/mol. The van der Waals surface area contributed by atoms with E-state index in [0.717, 1.165) is 10.6 Å². The maximum absolute atomic E-state index is 12.5. The quantitative estimate of drug-likeness (QED) is 0.753. The van der Waals surface area contributed by atoms with Crippen LogP contribution < -0.4 is 5.32 Å². The van der Waals surface area contributed by atoms with Crippen LogP contribution in [0.1, 0.15) is 55.0 Å². The molecule has 2 aromatic heterocycles. The van der Waals surface area contributed by atoms with Gasteiger partial charge in [0.2, 0.25) is 5.13 Å². The van der Waals surface area contributed by atoms with E-state index in [2.05, 4.69) is 31.0 Å². The molecule has 1 amide bonds. The summed E-state index contributed by atoms with van der Waals surface area (Å²) in [7, 11) is 0. The summed E-state index contributed by atoms with van der Waals surface area (Å²) in [6.45, 7) is 8.07. The molecule has 0 spiro atoms. The van der Waals surface area contributed by atoms with Gasteiger partial charge in [-0.2, -0.15) is 0 Å². The third kappa shape index (κ3) is 3.71. The zero-order valence-corrected chi connectivity index (χ0v) is 15.3. The molecule has 0 fully saturated rings. The van der Waals surface area contributed by atoms with Crippen molar-refractivity contribution >= 4 is 22.4 Å². The number of anilines is 1. The maximum Gasteiger partial charge on any atom is 0.257 e. The number of hydrogen-bond acceptors (Lipinski definition) is 7. The molecule has 9 heteroatoms. The predicted octanol–water partition coefficient (Wildman–Crippen LogP) is 3.15. The number of amides is 1. The molecule has 3 rings (SSSR count). The molecule has 3 aromatic rings. The van der Waals surface area contributed by atoms with Crippen molar-refractivity contribution in [1.29, 1.82) is 0 Å². The molecular weight excluding hydrogens is 338 g/mol. The van der Waals surface area contributed by atoms with E-state index < -0.39 is 0 Å². The molecular formula is C16H19N7OS. The van der Waals surface area contributed by atoms with Gasteiger partial charge in [0.05, 0.1) is 6.04 Å². The van der Waals surface area contributed by atoms with Crippen molar-refractivity contribution < 1.29 is 4.79 Å². The van der Waals surface area contributed by atoms with Crippen LogP contribution in [0, 0.1) is 0 Å². The van der Waals surface area contributed by atoms with E-state index in [-0.39, 0.29) is 17.9 Å². The van der Waals surface area contributed by atoms with Crippen LogP contribution in [0.5, 0.6) is 0 Å². The third-order valence-electron chi connectivity index (χ3n) is 3.52. The second-order valence-corrected chi connectivity index (χ2v) is 7.18. The lowest BCUT2D eigenvalue weighted by Gasteiger charge is -2.08. The Morgan fingerprint density at radius 1 is 1.16 bits per heavy atom. The van der Waals surface area contributed by atoms with Crippen molar-refractivity contribution in [2.75, 3.05) is 5.32 Å². The molecule has 0 aliphatic heterocycles. The Kier molecular flexibility index (Phi) is 4.84. The number of aromatic nitrogens is 6. The van der Waals surface area contributed by atoms with Crippen LogP contribution in [0.3, 0.4) is 0 Å². The first kappa shape index (κ1) is 17.2. The van der Waals surface area contributed by atoms with Gasteiger partial charge in [0, 0.05) is 17.0 Å². The van der Waals surface area contributed by atoms with E-state index in [1.165, 1.54) is 11.3 Å². The van der Waals surface area contributed by atoms with Gasteiger partial charge in [-0.15, -0.1) is 15.3 Å². The first-order chi connectivity index (χ1) is 12.0. The highest BCUT2D eigenvalue weighted by Crippen LogP contribution is 2.24. The molecule has 2 heterocycles. The summed E-state index contributed by atoms with van der Waals surface area (Å²) in [4.78, 5) is 12.5. The Labute approximate surface area is 149 Å². The summed E-state index contributed by atoms with van der Waals surface area (Å²) >= 11 is 1.38. The van der Waals surface area contributed by atoms with Crippen LogP contribution in [-0.4, -0.2) is 36.3 Å². The van der Waals surface area contributed by atoms with Crippen LogP contribution in [-0.2, 0) is 0 Å². The van der Waals surface area contributed by atoms with Crippen molar-refractivity contribution in [3.05, 3.63) is 34.8 Å². The number of hydrogen-bond donors (Lipinski definition) is 1. The van der Waals surface area contributed by atoms with Gasteiger partial charge in [0.1, 0.15) is 5.01 Å². The fraction of sp³-hybridized carbons (Fsp3) is 0.375. The summed E-state index contributed by atoms with van der Waals surface area (Å²) < 4.78 is 1.72. The van der Waals surface area contributed by atoms with Crippen LogP contribution in [0.2, 0.25) is 0 Å². The lowest BCUT2D eigenvalue weighted by Crippen LogP contribution is -2.12. The molecule has 1 N–H and O–H groups in total. The standard InChI is InChI=1S/C16H19N7OS/c1-9(2)15-19-20-16(25-15)17-14(24)12-7-5-6-11(8-12)13-18-21-22-23(13)10(3)4/h5-10H,1-4H3,(H,17,20,24). The van der Waals surface area contributed by atoms with Gasteiger partial charge in [-0.05, 0) is 36.4 Å². The maximum atomic E-state index is 12.5. The summed E-state index contributed by atoms with van der Waals surface area (Å²) in [6.07, 6.45) is 0. The molecule has 0 saturated heterocycles. The van der Waals surface area contributed by atoms with Gasteiger partial charge in [-0.3, -0.25) is 10.1 Å². The van der Waals surface area contributed by atoms with Gasteiger partial charge in [0.15, 0.2) is 5.82 Å². The summed E-state index contributed by atoms with van der Waals surface area (Å²) in [6, 6.07) is 7.32. The summed E-state index contributed by atoms with van der Waals surface area (Å²) in [5.74, 6) is 0.668. The highest BCUT2D eigenvalue weighted by molar-refractivity contribution is 7.15. The number of carbonyl (C=O) groups excluding carboxylic acids is 1. The Balaban J connectivity index is 1.83. The molecule has 0 aliphatic rings. The van der Waals surface area contributed by atoms with Crippen molar-refractivity contribution in [1.82, 2.24) is 30.4 Å². The van der Waals surface area contributed by atoms with Crippen LogP contribution in [0.4, 0.5) is 5.13 Å². The average Bonchev–Trinajstić information content (AvgIpc) is 3.24. The normalized spacial score (nSPS) is 11.3. The second kappa shape index (κ2) is 7.06. The van der Waals surface area contributed by atoms with Crippen LogP contribution >= 0.6 is 11.3 Å². The molecule has 130 valence electrons. The van der Waals surface area contributed by atoms with Gasteiger partial charge in [-0.25, -0.2) is 4.68 Å². The minimum Gasteiger partial charge on any atom is -0.296 e. The molecule has 1 aromatic carbocycles. The smallest absolute Gasteiger partial charge is 0.257 e. The van der Waals surface area contributed by atoms with Crippen molar-refractivity contribution in [3.63, 3.8) is 0 Å². The van der Waals surface area contributed by atoms with Crippen LogP contribution in [0.15, 0.2) is 24.3 Å². The Morgan fingerprint density at radius 2 is 1.96 bits per heavy atom. The van der Waals surface area contributed by atoms with E-state index in [1.807, 2.05) is 39.8 Å². The Morgan fingerprint density at radius 3 is 2.64 bits per heavy atom. The Bertz CT molecular complexity index is 884. The fourth-order valence-electron chi connectivity index (χ4n) is 2.22. The van der Waals surface area contributed by atoms with E-state index in [1.54, 1.807) is 16.8 Å². The molecule has 0 bridgehead atoms. The van der Waals surface area contributed by atoms with Crippen LogP contribution in [0.25, 0.3) is 11.4 Å². The summed E-state index contributed by atoms with van der Waals surface area (Å²) in [5.41, 5.74) is 1.29. The minimum absolute atomic E-state index is 0.123. The Hall–Kier alpha value is -2.68. The van der Waals surface area contributed by atoms with E-state index in [4.69, 9.17) is 0 Å². The molecule has 0 unspecified atom stereocenters. The van der Waals surface area contributed by atoms with E-state index in [9.17, 15) is 4.79 Å². The number of rotatable bonds is 5. The molecule has 0 radical (unpaired) electrons. The zero-order chi connectivity index (χ0) is 18.0. The highest BCUT2D eigenvalue weighted by atomic mass is 32.1. The average molecular weight is 357 g/mol. The molecule has 0 atom stereocenters. The van der Waals surface area contributed by atoms with Gasteiger partial charge < -0.3 is 0 Å². The topological polar surface area (TPSA) is 98.5 Å². The van der Waals surface area contributed by atoms with Gasteiger partial charge in [0.25, 0.3) is 5.91 Å². The largest absolute Gasteiger partial charge is 0.296 e. The second-order valence-electron chi connectivity index (χ2n) is 6.18. The molecule has 0 aliphatic carbocycles. The van der Waals surface area contributed by atoms with E-state index >= 15 is 0 Å². The lowest BCUT2D eigenvalue weighted by molar-refractivity contribution is 0.102. The first-order valence-electron chi connectivity index (χ1n) is 7.98. The minimum atomic E-state index is -0.239. The first-order valence-corrected chi connectivity index (χ1v) is 8.80. The molecule has 8 nitrogen and oxygen atoms in total. The number of nitrogens with one attached hydrogen (secondary N) is 1. The van der Waals surface area contributed by atoms with Crippen molar-refractivity contribution in [2.45, 2.75) is 39.7 Å². The van der Waals surface area contributed by atoms with E-state index in [0.29, 0.717) is 16.5 Å². The van der Waals surface area contributed by atoms with Gasteiger partial charge in [-0.1, -0.05) is 37.3 Å². The number of tetrazole rings is 1. The van der Waals surface area contributed by atoms with Crippen molar-refractivity contribution in [2.24, 2.45) is 0 Å². The highest BCUT2D eigenvalue weighted by Gasteiger charge is 2.15. The zero-order valence-electron chi connectivity index (χ0n) is 14.5. The number of nitrogens with zero attached hydrogens (tertiary/aromatic N) is 6. The molecule has 0 saturated carbocycles. The SMILES string of the molecule is CC(C)c1nnc(NC(=O)c2cccc(-c3nnnn3C(C)C)c2)s1. The summed E-state index contributed by atoms with van der Waals surface area (Å²) in [5, 5.41) is 24.0. The van der Waals surface area contributed by atoms with Gasteiger partial charge >= 0.3 is 0 Å². The van der Waals surface area contributed by atoms with Crippen molar-refractivity contribution in [3.8, 4) is 11.4 Å². The lowest BCUT2D eigenvalue weighted by atomic mass is 10.1. The third-order valence-corrected chi connectivity index (χ3v) is 4.66. The molecule has 25 heavy (non-hydrogen) atoms. The number of carbonyl (C=O) groups is 1.